The lowest BCUT2D eigenvalue weighted by Gasteiger charge is -2.41. The van der Waals surface area contributed by atoms with Gasteiger partial charge in [0.15, 0.2) is 6.35 Å². The van der Waals surface area contributed by atoms with E-state index in [1.54, 1.807) is 16.0 Å². The Bertz CT molecular complexity index is 1190. The second-order valence-corrected chi connectivity index (χ2v) is 12.3. The van der Waals surface area contributed by atoms with Crippen LogP contribution >= 0.6 is 15.9 Å². The molecule has 214 valence electrons. The van der Waals surface area contributed by atoms with E-state index in [9.17, 15) is 15.0 Å². The van der Waals surface area contributed by atoms with Crippen LogP contribution < -0.4 is 20.3 Å². The van der Waals surface area contributed by atoms with E-state index in [0.29, 0.717) is 49.7 Å². The van der Waals surface area contributed by atoms with Gasteiger partial charge in [-0.15, -0.1) is 0 Å². The van der Waals surface area contributed by atoms with E-state index in [-0.39, 0.29) is 18.1 Å². The zero-order valence-corrected chi connectivity index (χ0v) is 25.1. The maximum Gasteiger partial charge on any atom is 0.410 e. The summed E-state index contributed by atoms with van der Waals surface area (Å²) in [6, 6.07) is 5.64. The molecule has 2 aliphatic rings. The SMILES string of the molecule is Cc1ccnc(C(C)C)c1N1c2cc(Br)cc(OCCC3CN(C(=O)OC(C)(C)C)CCN3)c2C(O)NC1O. The molecule has 0 bridgehead atoms. The van der Waals surface area contributed by atoms with E-state index < -0.39 is 18.2 Å². The molecule has 4 N–H and O–H groups in total. The molecule has 0 saturated carbocycles. The number of nitrogens with one attached hydrogen (secondary N) is 2. The molecule has 3 atom stereocenters. The number of aliphatic hydroxyl groups excluding tert-OH is 2. The molecule has 0 spiro atoms. The Balaban J connectivity index is 1.54. The monoisotopic (exact) mass is 605 g/mol. The van der Waals surface area contributed by atoms with Crippen molar-refractivity contribution in [3.05, 3.63) is 45.7 Å². The number of aryl methyl sites for hydroxylation is 1. The minimum atomic E-state index is -1.17. The van der Waals surface area contributed by atoms with Gasteiger partial charge in [0, 0.05) is 36.3 Å². The largest absolute Gasteiger partial charge is 0.493 e. The second-order valence-electron chi connectivity index (χ2n) is 11.4. The number of hydrogen-bond acceptors (Lipinski definition) is 9. The van der Waals surface area contributed by atoms with Crippen molar-refractivity contribution in [2.75, 3.05) is 31.1 Å². The second kappa shape index (κ2) is 12.0. The summed E-state index contributed by atoms with van der Waals surface area (Å²) >= 11 is 3.59. The van der Waals surface area contributed by atoms with E-state index in [2.05, 4.69) is 45.4 Å². The first-order chi connectivity index (χ1) is 18.4. The first-order valence-corrected chi connectivity index (χ1v) is 14.2. The van der Waals surface area contributed by atoms with Crippen molar-refractivity contribution in [1.82, 2.24) is 20.5 Å². The van der Waals surface area contributed by atoms with E-state index in [1.807, 2.05) is 45.9 Å². The zero-order valence-electron chi connectivity index (χ0n) is 23.5. The van der Waals surface area contributed by atoms with Crippen LogP contribution in [0.3, 0.4) is 0 Å². The van der Waals surface area contributed by atoms with Crippen LogP contribution in [0.2, 0.25) is 0 Å². The molecule has 1 fully saturated rings. The summed E-state index contributed by atoms with van der Waals surface area (Å²) in [5.74, 6) is 0.622. The Hall–Kier alpha value is -2.44. The fraction of sp³-hybridized carbons (Fsp3) is 0.571. The summed E-state index contributed by atoms with van der Waals surface area (Å²) in [5.41, 5.74) is 3.21. The number of amides is 1. The van der Waals surface area contributed by atoms with Crippen molar-refractivity contribution in [3.63, 3.8) is 0 Å². The zero-order chi connectivity index (χ0) is 28.5. The van der Waals surface area contributed by atoms with Crippen LogP contribution in [0.5, 0.6) is 5.75 Å². The first kappa shape index (κ1) is 29.5. The number of anilines is 2. The molecular weight excluding hydrogens is 566 g/mol. The first-order valence-electron chi connectivity index (χ1n) is 13.4. The van der Waals surface area contributed by atoms with Crippen molar-refractivity contribution >= 4 is 33.4 Å². The Labute approximate surface area is 238 Å². The Kier molecular flexibility index (Phi) is 9.07. The normalized spacial score (nSPS) is 21.6. The minimum Gasteiger partial charge on any atom is -0.493 e. The molecule has 0 radical (unpaired) electrons. The summed E-state index contributed by atoms with van der Waals surface area (Å²) < 4.78 is 12.5. The molecule has 2 aromatic rings. The lowest BCUT2D eigenvalue weighted by Crippen LogP contribution is -2.53. The predicted octanol–water partition coefficient (Wildman–Crippen LogP) is 4.26. The topological polar surface area (TPSA) is 119 Å². The predicted molar refractivity (Wildman–Crippen MR) is 153 cm³/mol. The number of ether oxygens (including phenoxy) is 2. The molecule has 10 nitrogen and oxygen atoms in total. The van der Waals surface area contributed by atoms with Crippen LogP contribution in [-0.4, -0.2) is 70.4 Å². The Morgan fingerprint density at radius 3 is 2.72 bits per heavy atom. The maximum atomic E-state index is 12.5. The van der Waals surface area contributed by atoms with Gasteiger partial charge in [0.2, 0.25) is 0 Å². The molecule has 3 heterocycles. The summed E-state index contributed by atoms with van der Waals surface area (Å²) in [7, 11) is 0. The van der Waals surface area contributed by atoms with Gasteiger partial charge in [-0.1, -0.05) is 29.8 Å². The molecule has 39 heavy (non-hydrogen) atoms. The number of carbonyl (C=O) groups excluding carboxylic acids is 1. The molecule has 1 amide bonds. The summed E-state index contributed by atoms with van der Waals surface area (Å²) in [5, 5.41) is 28.3. The number of benzene rings is 1. The lowest BCUT2D eigenvalue weighted by atomic mass is 10.0. The third-order valence-electron chi connectivity index (χ3n) is 6.74. The Morgan fingerprint density at radius 2 is 2.03 bits per heavy atom. The standard InChI is InChI=1S/C28H40BrN5O5/c1-16(2)23-24(17(3)7-9-31-23)34-20-13-18(29)14-21(22(20)25(35)32-26(34)36)38-12-8-19-15-33(11-10-30-19)27(37)39-28(4,5)6/h7,9,13-14,16,19,25-26,30,32,35-36H,8,10-12,15H2,1-6H3. The number of aliphatic hydroxyl groups is 2. The van der Waals surface area contributed by atoms with Crippen LogP contribution in [0.1, 0.15) is 70.0 Å². The number of pyridine rings is 1. The van der Waals surface area contributed by atoms with Crippen LogP contribution in [0, 0.1) is 6.92 Å². The number of halogens is 1. The number of aromatic nitrogens is 1. The molecule has 0 aliphatic carbocycles. The van der Waals surface area contributed by atoms with Gasteiger partial charge in [-0.2, -0.15) is 0 Å². The van der Waals surface area contributed by atoms with Gasteiger partial charge in [0.1, 0.15) is 17.6 Å². The van der Waals surface area contributed by atoms with Gasteiger partial charge < -0.3 is 34.8 Å². The number of fused-ring (bicyclic) bond motifs is 1. The van der Waals surface area contributed by atoms with Crippen molar-refractivity contribution < 1.29 is 24.5 Å². The van der Waals surface area contributed by atoms with Gasteiger partial charge in [0.25, 0.3) is 0 Å². The molecule has 3 unspecified atom stereocenters. The third kappa shape index (κ3) is 6.83. The molecule has 4 rings (SSSR count). The molecule has 1 aromatic carbocycles. The van der Waals surface area contributed by atoms with Crippen LogP contribution in [-0.2, 0) is 4.74 Å². The van der Waals surface area contributed by atoms with Crippen molar-refractivity contribution in [2.45, 2.75) is 78.1 Å². The van der Waals surface area contributed by atoms with Gasteiger partial charge in [-0.3, -0.25) is 4.98 Å². The quantitative estimate of drug-likeness (QED) is 0.383. The van der Waals surface area contributed by atoms with Gasteiger partial charge >= 0.3 is 6.09 Å². The average Bonchev–Trinajstić information content (AvgIpc) is 2.83. The highest BCUT2D eigenvalue weighted by atomic mass is 79.9. The highest BCUT2D eigenvalue weighted by Crippen LogP contribution is 2.45. The van der Waals surface area contributed by atoms with E-state index >= 15 is 0 Å². The van der Waals surface area contributed by atoms with Crippen LogP contribution in [0.25, 0.3) is 0 Å². The molecule has 1 aromatic heterocycles. The third-order valence-corrected chi connectivity index (χ3v) is 7.20. The van der Waals surface area contributed by atoms with Crippen molar-refractivity contribution in [1.29, 1.82) is 0 Å². The van der Waals surface area contributed by atoms with Gasteiger partial charge in [-0.25, -0.2) is 10.1 Å². The fourth-order valence-electron chi connectivity index (χ4n) is 4.98. The molecule has 2 aliphatic heterocycles. The highest BCUT2D eigenvalue weighted by molar-refractivity contribution is 9.10. The van der Waals surface area contributed by atoms with Crippen LogP contribution in [0.4, 0.5) is 16.2 Å². The maximum absolute atomic E-state index is 12.5. The van der Waals surface area contributed by atoms with Gasteiger partial charge in [-0.05, 0) is 63.8 Å². The van der Waals surface area contributed by atoms with E-state index in [0.717, 1.165) is 21.4 Å². The number of hydrogen-bond donors (Lipinski definition) is 4. The van der Waals surface area contributed by atoms with Gasteiger partial charge in [0.05, 0.1) is 29.2 Å². The molecule has 11 heteroatoms. The minimum absolute atomic E-state index is 0.0438. The van der Waals surface area contributed by atoms with E-state index in [4.69, 9.17) is 9.47 Å². The lowest BCUT2D eigenvalue weighted by molar-refractivity contribution is 0.0185. The number of carbonyl (C=O) groups is 1. The van der Waals surface area contributed by atoms with Crippen LogP contribution in [0.15, 0.2) is 28.9 Å². The summed E-state index contributed by atoms with van der Waals surface area (Å²) in [6.07, 6.45) is -0.193. The van der Waals surface area contributed by atoms with Crippen molar-refractivity contribution in [3.8, 4) is 5.75 Å². The fourth-order valence-corrected chi connectivity index (χ4v) is 5.40. The number of rotatable bonds is 6. The average molecular weight is 607 g/mol. The highest BCUT2D eigenvalue weighted by Gasteiger charge is 2.36. The molecule has 1 saturated heterocycles. The number of piperazine rings is 1. The number of nitrogens with zero attached hydrogens (tertiary/aromatic N) is 3. The Morgan fingerprint density at radius 1 is 1.28 bits per heavy atom. The van der Waals surface area contributed by atoms with Crippen molar-refractivity contribution in [2.24, 2.45) is 0 Å². The smallest absolute Gasteiger partial charge is 0.410 e. The molecular formula is C28H40BrN5O5. The summed E-state index contributed by atoms with van der Waals surface area (Å²) in [6.45, 7) is 13.8. The van der Waals surface area contributed by atoms with E-state index in [1.165, 1.54) is 0 Å². The summed E-state index contributed by atoms with van der Waals surface area (Å²) in [4.78, 5) is 20.6.